The summed E-state index contributed by atoms with van der Waals surface area (Å²) in [4.78, 5) is 0. The Morgan fingerprint density at radius 2 is 2.06 bits per heavy atom. The topological polar surface area (TPSA) is 12.0 Å². The molecule has 1 aromatic carbocycles. The van der Waals surface area contributed by atoms with E-state index in [1.807, 2.05) is 13.1 Å². The molecule has 0 heterocycles. The molecule has 2 rings (SSSR count). The van der Waals surface area contributed by atoms with E-state index >= 15 is 0 Å². The van der Waals surface area contributed by atoms with Gasteiger partial charge in [0.2, 0.25) is 0 Å². The Hall–Kier alpha value is -0.410. The maximum Gasteiger partial charge on any atom is 0.124 e. The largest absolute Gasteiger partial charge is 0.316 e. The SMILES string of the molecule is CNC(Cc1ccc(F)cc1Br)C1(C)CCCC1. The molecule has 0 aliphatic heterocycles. The molecule has 1 aliphatic carbocycles. The van der Waals surface area contributed by atoms with E-state index < -0.39 is 0 Å². The fourth-order valence-corrected chi connectivity index (χ4v) is 3.65. The van der Waals surface area contributed by atoms with Gasteiger partial charge in [-0.1, -0.05) is 41.8 Å². The molecule has 1 saturated carbocycles. The van der Waals surface area contributed by atoms with Crippen LogP contribution in [0.4, 0.5) is 4.39 Å². The second kappa shape index (κ2) is 5.70. The zero-order valence-corrected chi connectivity index (χ0v) is 12.7. The van der Waals surface area contributed by atoms with E-state index in [-0.39, 0.29) is 5.82 Å². The lowest BCUT2D eigenvalue weighted by atomic mass is 9.78. The lowest BCUT2D eigenvalue weighted by Crippen LogP contribution is -2.41. The van der Waals surface area contributed by atoms with Gasteiger partial charge in [-0.25, -0.2) is 4.39 Å². The van der Waals surface area contributed by atoms with Crippen LogP contribution in [-0.4, -0.2) is 13.1 Å². The third kappa shape index (κ3) is 2.94. The number of hydrogen-bond donors (Lipinski definition) is 1. The minimum absolute atomic E-state index is 0.182. The highest BCUT2D eigenvalue weighted by molar-refractivity contribution is 9.10. The van der Waals surface area contributed by atoms with Crippen LogP contribution in [0.1, 0.15) is 38.2 Å². The summed E-state index contributed by atoms with van der Waals surface area (Å²) in [6, 6.07) is 5.45. The van der Waals surface area contributed by atoms with Crippen LogP contribution in [0.3, 0.4) is 0 Å². The Labute approximate surface area is 117 Å². The number of benzene rings is 1. The van der Waals surface area contributed by atoms with Crippen molar-refractivity contribution >= 4 is 15.9 Å². The first-order valence-electron chi connectivity index (χ1n) is 6.66. The zero-order valence-electron chi connectivity index (χ0n) is 11.1. The molecule has 0 bridgehead atoms. The molecule has 1 atom stereocenters. The van der Waals surface area contributed by atoms with Crippen LogP contribution in [0.5, 0.6) is 0 Å². The van der Waals surface area contributed by atoms with Gasteiger partial charge in [0.25, 0.3) is 0 Å². The van der Waals surface area contributed by atoms with E-state index in [2.05, 4.69) is 28.2 Å². The Bertz CT molecular complexity index is 413. The third-order valence-electron chi connectivity index (χ3n) is 4.37. The highest BCUT2D eigenvalue weighted by atomic mass is 79.9. The molecule has 0 spiro atoms. The summed E-state index contributed by atoms with van der Waals surface area (Å²) in [6.45, 7) is 2.37. The summed E-state index contributed by atoms with van der Waals surface area (Å²) < 4.78 is 14.0. The standard InChI is InChI=1S/C15H21BrFN/c1-15(7-3-4-8-15)14(18-2)9-11-5-6-12(17)10-13(11)16/h5-6,10,14,18H,3-4,7-9H2,1-2H3. The zero-order chi connectivity index (χ0) is 13.2. The van der Waals surface area contributed by atoms with Gasteiger partial charge in [-0.05, 0) is 49.4 Å². The van der Waals surface area contributed by atoms with Crippen LogP contribution in [0.2, 0.25) is 0 Å². The normalized spacial score (nSPS) is 20.0. The fraction of sp³-hybridized carbons (Fsp3) is 0.600. The van der Waals surface area contributed by atoms with Crippen molar-refractivity contribution in [3.05, 3.63) is 34.1 Å². The molecule has 1 aromatic rings. The number of halogens is 2. The molecule has 1 nitrogen and oxygen atoms in total. The van der Waals surface area contributed by atoms with Crippen molar-refractivity contribution in [3.63, 3.8) is 0 Å². The second-order valence-corrected chi connectivity index (χ2v) is 6.50. The summed E-state index contributed by atoms with van der Waals surface area (Å²) >= 11 is 3.46. The van der Waals surface area contributed by atoms with Gasteiger partial charge in [0.1, 0.15) is 5.82 Å². The summed E-state index contributed by atoms with van der Waals surface area (Å²) in [5, 5.41) is 3.46. The molecule has 0 saturated heterocycles. The van der Waals surface area contributed by atoms with E-state index in [1.165, 1.54) is 31.2 Å². The molecule has 18 heavy (non-hydrogen) atoms. The van der Waals surface area contributed by atoms with Crippen LogP contribution < -0.4 is 5.32 Å². The predicted octanol–water partition coefficient (Wildman–Crippen LogP) is 4.30. The lowest BCUT2D eigenvalue weighted by molar-refractivity contribution is 0.229. The summed E-state index contributed by atoms with van der Waals surface area (Å²) in [5.74, 6) is -0.182. The number of nitrogens with one attached hydrogen (secondary N) is 1. The van der Waals surface area contributed by atoms with Gasteiger partial charge >= 0.3 is 0 Å². The summed E-state index contributed by atoms with van der Waals surface area (Å²) in [7, 11) is 2.03. The van der Waals surface area contributed by atoms with E-state index in [0.29, 0.717) is 11.5 Å². The molecule has 1 aliphatic rings. The van der Waals surface area contributed by atoms with Gasteiger partial charge < -0.3 is 5.32 Å². The van der Waals surface area contributed by atoms with Crippen molar-refractivity contribution in [2.45, 2.75) is 45.1 Å². The predicted molar refractivity (Wildman–Crippen MR) is 77.2 cm³/mol. The fourth-order valence-electron chi connectivity index (χ4n) is 3.14. The van der Waals surface area contributed by atoms with E-state index in [4.69, 9.17) is 0 Å². The highest BCUT2D eigenvalue weighted by Gasteiger charge is 2.36. The van der Waals surface area contributed by atoms with Crippen molar-refractivity contribution in [3.8, 4) is 0 Å². The lowest BCUT2D eigenvalue weighted by Gasteiger charge is -2.34. The summed E-state index contributed by atoms with van der Waals surface area (Å²) in [5.41, 5.74) is 1.56. The van der Waals surface area contributed by atoms with Gasteiger partial charge in [-0.2, -0.15) is 0 Å². The third-order valence-corrected chi connectivity index (χ3v) is 5.11. The average Bonchev–Trinajstić information content (AvgIpc) is 2.76. The van der Waals surface area contributed by atoms with Gasteiger partial charge in [-0.3, -0.25) is 0 Å². The minimum Gasteiger partial charge on any atom is -0.316 e. The van der Waals surface area contributed by atoms with Crippen molar-refractivity contribution in [2.24, 2.45) is 5.41 Å². The maximum atomic E-state index is 13.1. The smallest absolute Gasteiger partial charge is 0.124 e. The molecule has 3 heteroatoms. The highest BCUT2D eigenvalue weighted by Crippen LogP contribution is 2.41. The van der Waals surface area contributed by atoms with Crippen LogP contribution >= 0.6 is 15.9 Å². The minimum atomic E-state index is -0.182. The molecule has 1 N–H and O–H groups in total. The molecular formula is C15H21BrFN. The Morgan fingerprint density at radius 1 is 1.39 bits per heavy atom. The molecule has 0 radical (unpaired) electrons. The van der Waals surface area contributed by atoms with Gasteiger partial charge in [-0.15, -0.1) is 0 Å². The van der Waals surface area contributed by atoms with Gasteiger partial charge in [0, 0.05) is 10.5 Å². The van der Waals surface area contributed by atoms with E-state index in [1.54, 1.807) is 12.1 Å². The van der Waals surface area contributed by atoms with Crippen molar-refractivity contribution in [2.75, 3.05) is 7.05 Å². The molecule has 0 amide bonds. The quantitative estimate of drug-likeness (QED) is 0.874. The van der Waals surface area contributed by atoms with Crippen LogP contribution in [0.25, 0.3) is 0 Å². The molecule has 1 unspecified atom stereocenters. The van der Waals surface area contributed by atoms with Crippen molar-refractivity contribution in [1.29, 1.82) is 0 Å². The second-order valence-electron chi connectivity index (χ2n) is 5.64. The number of rotatable bonds is 4. The number of likely N-dealkylation sites (N-methyl/N-ethyl adjacent to an activating group) is 1. The van der Waals surface area contributed by atoms with Crippen LogP contribution in [0.15, 0.2) is 22.7 Å². The van der Waals surface area contributed by atoms with Crippen LogP contribution in [0, 0.1) is 11.2 Å². The Balaban J connectivity index is 2.15. The first-order chi connectivity index (χ1) is 8.55. The monoisotopic (exact) mass is 313 g/mol. The first-order valence-corrected chi connectivity index (χ1v) is 7.46. The summed E-state index contributed by atoms with van der Waals surface area (Å²) in [6.07, 6.45) is 6.20. The van der Waals surface area contributed by atoms with Crippen LogP contribution in [-0.2, 0) is 6.42 Å². The van der Waals surface area contributed by atoms with Gasteiger partial charge in [0.05, 0.1) is 0 Å². The Kier molecular flexibility index (Phi) is 4.44. The number of hydrogen-bond acceptors (Lipinski definition) is 1. The van der Waals surface area contributed by atoms with E-state index in [0.717, 1.165) is 10.9 Å². The molecule has 100 valence electrons. The van der Waals surface area contributed by atoms with Crippen molar-refractivity contribution < 1.29 is 4.39 Å². The average molecular weight is 314 g/mol. The first kappa shape index (κ1) is 14.0. The van der Waals surface area contributed by atoms with Crippen molar-refractivity contribution in [1.82, 2.24) is 5.32 Å². The molecule has 0 aromatic heterocycles. The van der Waals surface area contributed by atoms with Gasteiger partial charge in [0.15, 0.2) is 0 Å². The maximum absolute atomic E-state index is 13.1. The molecular weight excluding hydrogens is 293 g/mol. The Morgan fingerprint density at radius 3 is 2.61 bits per heavy atom. The van der Waals surface area contributed by atoms with E-state index in [9.17, 15) is 4.39 Å². The molecule has 1 fully saturated rings.